The summed E-state index contributed by atoms with van der Waals surface area (Å²) < 4.78 is 105. The minimum absolute atomic E-state index is 0.345. The van der Waals surface area contributed by atoms with Gasteiger partial charge in [0.15, 0.2) is 11.4 Å². The number of nitrogens with zero attached hydrogens (tertiary/aromatic N) is 1. The van der Waals surface area contributed by atoms with Crippen molar-refractivity contribution < 1.29 is 48.5 Å². The Balaban J connectivity index is 3.76. The van der Waals surface area contributed by atoms with Crippen molar-refractivity contribution in [3.63, 3.8) is 0 Å². The molecule has 2 N–H and O–H groups in total. The highest BCUT2D eigenvalue weighted by atomic mass is 79.9. The van der Waals surface area contributed by atoms with E-state index in [2.05, 4.69) is 29.8 Å². The van der Waals surface area contributed by atoms with Crippen LogP contribution in [0.2, 0.25) is 0 Å². The third kappa shape index (κ3) is 4.45. The van der Waals surface area contributed by atoms with Crippen LogP contribution in [0.4, 0.5) is 32.2 Å². The molecule has 1 heterocycles. The van der Waals surface area contributed by atoms with Gasteiger partial charge in [-0.1, -0.05) is 0 Å². The highest BCUT2D eigenvalue weighted by Crippen LogP contribution is 2.43. The largest absolute Gasteiger partial charge is 0.534 e. The number of hydrogen-bond acceptors (Lipinski definition) is 7. The third-order valence-corrected chi connectivity index (χ3v) is 4.04. The number of ether oxygens (including phenoxy) is 1. The van der Waals surface area contributed by atoms with Crippen molar-refractivity contribution >= 4 is 37.8 Å². The second-order valence-electron chi connectivity index (χ2n) is 4.07. The zero-order chi connectivity index (χ0) is 19.8. The SMILES string of the molecule is CCOC(=O)c1c(N)nc(C(F)(F)F)c(Br)c1OS(=O)(=O)C(F)(F)F. The Labute approximate surface area is 144 Å². The lowest BCUT2D eigenvalue weighted by Crippen LogP contribution is -2.29. The summed E-state index contributed by atoms with van der Waals surface area (Å²) in [5.41, 5.74) is -3.93. The fourth-order valence-electron chi connectivity index (χ4n) is 1.38. The normalized spacial score (nSPS) is 12.8. The van der Waals surface area contributed by atoms with E-state index in [1.165, 1.54) is 6.92 Å². The first-order valence-corrected chi connectivity index (χ1v) is 8.07. The monoisotopic (exact) mass is 460 g/mol. The number of aromatic nitrogens is 1. The van der Waals surface area contributed by atoms with Crippen molar-refractivity contribution in [3.8, 4) is 5.75 Å². The molecule has 15 heteroatoms. The van der Waals surface area contributed by atoms with Gasteiger partial charge in [0.2, 0.25) is 0 Å². The number of nitrogens with two attached hydrogens (primary N) is 1. The predicted molar refractivity (Wildman–Crippen MR) is 72.9 cm³/mol. The average molecular weight is 461 g/mol. The number of halogens is 7. The summed E-state index contributed by atoms with van der Waals surface area (Å²) in [5.74, 6) is -4.41. The molecule has 0 aromatic carbocycles. The maximum atomic E-state index is 12.9. The summed E-state index contributed by atoms with van der Waals surface area (Å²) in [6.45, 7) is 0.927. The molecule has 1 aromatic heterocycles. The molecule has 0 aliphatic carbocycles. The molecule has 1 aromatic rings. The second kappa shape index (κ2) is 6.86. The van der Waals surface area contributed by atoms with E-state index in [-0.39, 0.29) is 6.61 Å². The number of carbonyl (C=O) groups excluding carboxylic acids is 1. The fraction of sp³-hybridized carbons (Fsp3) is 0.400. The predicted octanol–water partition coefficient (Wildman–Crippen LogP) is 2.85. The van der Waals surface area contributed by atoms with Crippen molar-refractivity contribution in [2.45, 2.75) is 18.6 Å². The molecule has 0 amide bonds. The van der Waals surface area contributed by atoms with E-state index < -0.39 is 55.1 Å². The standard InChI is InChI=1S/C10H7BrF6N2O5S/c1-2-23-8(20)3-5(24-25(21,22)10(15,16)17)4(11)6(9(12,13)14)19-7(3)18/h2H2,1H3,(H2,18,19). The number of anilines is 1. The van der Waals surface area contributed by atoms with E-state index >= 15 is 0 Å². The molecule has 0 bridgehead atoms. The molecular weight excluding hydrogens is 454 g/mol. The van der Waals surface area contributed by atoms with Crippen LogP contribution in [0.25, 0.3) is 0 Å². The molecule has 1 rings (SSSR count). The summed E-state index contributed by atoms with van der Waals surface area (Å²) in [7, 11) is -6.41. The molecule has 0 fully saturated rings. The Morgan fingerprint density at radius 3 is 2.16 bits per heavy atom. The van der Waals surface area contributed by atoms with Gasteiger partial charge in [-0.25, -0.2) is 9.78 Å². The Bertz CT molecular complexity index is 792. The van der Waals surface area contributed by atoms with Crippen LogP contribution in [-0.2, 0) is 21.0 Å². The molecule has 0 saturated heterocycles. The van der Waals surface area contributed by atoms with Gasteiger partial charge in [0.05, 0.1) is 11.1 Å². The van der Waals surface area contributed by atoms with Crippen LogP contribution in [0.1, 0.15) is 23.0 Å². The van der Waals surface area contributed by atoms with Gasteiger partial charge in [-0.05, 0) is 22.9 Å². The Morgan fingerprint density at radius 1 is 1.24 bits per heavy atom. The van der Waals surface area contributed by atoms with Crippen molar-refractivity contribution in [2.24, 2.45) is 0 Å². The molecule has 7 nitrogen and oxygen atoms in total. The summed E-state index contributed by atoms with van der Waals surface area (Å²) in [4.78, 5) is 14.6. The molecule has 0 aliphatic heterocycles. The Hall–Kier alpha value is -1.77. The van der Waals surface area contributed by atoms with Crippen LogP contribution >= 0.6 is 15.9 Å². The summed E-state index contributed by atoms with van der Waals surface area (Å²) >= 11 is 2.24. The van der Waals surface area contributed by atoms with Crippen LogP contribution in [0.5, 0.6) is 5.75 Å². The first kappa shape index (κ1) is 21.3. The zero-order valence-electron chi connectivity index (χ0n) is 11.8. The zero-order valence-corrected chi connectivity index (χ0v) is 14.2. The molecule has 0 radical (unpaired) electrons. The van der Waals surface area contributed by atoms with Gasteiger partial charge in [-0.3, -0.25) is 0 Å². The number of alkyl halides is 6. The van der Waals surface area contributed by atoms with Gasteiger partial charge in [0.1, 0.15) is 11.4 Å². The lowest BCUT2D eigenvalue weighted by molar-refractivity contribution is -0.141. The maximum absolute atomic E-state index is 12.9. The molecule has 25 heavy (non-hydrogen) atoms. The van der Waals surface area contributed by atoms with Crippen LogP contribution < -0.4 is 9.92 Å². The van der Waals surface area contributed by atoms with E-state index in [4.69, 9.17) is 5.73 Å². The summed E-state index contributed by atoms with van der Waals surface area (Å²) in [6, 6.07) is 0. The molecule has 0 spiro atoms. The molecule has 0 aliphatic rings. The van der Waals surface area contributed by atoms with Crippen molar-refractivity contribution in [1.82, 2.24) is 4.98 Å². The first-order chi connectivity index (χ1) is 11.1. The fourth-order valence-corrected chi connectivity index (χ4v) is 2.56. The minimum Gasteiger partial charge on any atom is -0.462 e. The summed E-state index contributed by atoms with van der Waals surface area (Å²) in [5, 5.41) is 0. The lowest BCUT2D eigenvalue weighted by Gasteiger charge is -2.18. The van der Waals surface area contributed by atoms with Gasteiger partial charge in [-0.2, -0.15) is 34.8 Å². The quantitative estimate of drug-likeness (QED) is 0.318. The number of esters is 1. The molecule has 142 valence electrons. The average Bonchev–Trinajstić information content (AvgIpc) is 2.40. The van der Waals surface area contributed by atoms with Gasteiger partial charge < -0.3 is 14.7 Å². The number of hydrogen-bond donors (Lipinski definition) is 1. The lowest BCUT2D eigenvalue weighted by atomic mass is 10.2. The van der Waals surface area contributed by atoms with Crippen LogP contribution in [0.15, 0.2) is 4.47 Å². The van der Waals surface area contributed by atoms with Crippen LogP contribution in [0, 0.1) is 0 Å². The van der Waals surface area contributed by atoms with Gasteiger partial charge in [0.25, 0.3) is 0 Å². The smallest absolute Gasteiger partial charge is 0.462 e. The minimum atomic E-state index is -6.41. The molecule has 0 saturated carbocycles. The molecule has 0 atom stereocenters. The van der Waals surface area contributed by atoms with E-state index in [0.29, 0.717) is 0 Å². The van der Waals surface area contributed by atoms with Gasteiger partial charge in [-0.15, -0.1) is 0 Å². The Kier molecular flexibility index (Phi) is 5.83. The van der Waals surface area contributed by atoms with E-state index in [1.807, 2.05) is 0 Å². The topological polar surface area (TPSA) is 109 Å². The number of carbonyl (C=O) groups is 1. The highest BCUT2D eigenvalue weighted by molar-refractivity contribution is 9.10. The third-order valence-electron chi connectivity index (χ3n) is 2.35. The maximum Gasteiger partial charge on any atom is 0.534 e. The van der Waals surface area contributed by atoms with Crippen molar-refractivity contribution in [3.05, 3.63) is 15.7 Å². The van der Waals surface area contributed by atoms with E-state index in [9.17, 15) is 39.6 Å². The Morgan fingerprint density at radius 2 is 1.76 bits per heavy atom. The molecular formula is C10H7BrF6N2O5S. The number of pyridine rings is 1. The summed E-state index contributed by atoms with van der Waals surface area (Å²) in [6.07, 6.45) is -5.25. The van der Waals surface area contributed by atoms with Crippen LogP contribution in [0.3, 0.4) is 0 Å². The number of nitrogen functional groups attached to an aromatic ring is 1. The van der Waals surface area contributed by atoms with E-state index in [0.717, 1.165) is 0 Å². The van der Waals surface area contributed by atoms with Gasteiger partial charge >= 0.3 is 27.8 Å². The second-order valence-corrected chi connectivity index (χ2v) is 6.40. The first-order valence-electron chi connectivity index (χ1n) is 5.87. The highest BCUT2D eigenvalue weighted by Gasteiger charge is 2.50. The van der Waals surface area contributed by atoms with Crippen LogP contribution in [-0.4, -0.2) is 31.5 Å². The molecule has 0 unspecified atom stereocenters. The number of rotatable bonds is 4. The van der Waals surface area contributed by atoms with E-state index in [1.54, 1.807) is 0 Å². The van der Waals surface area contributed by atoms with Crippen molar-refractivity contribution in [2.75, 3.05) is 12.3 Å². The van der Waals surface area contributed by atoms with Crippen molar-refractivity contribution in [1.29, 1.82) is 0 Å². The van der Waals surface area contributed by atoms with Gasteiger partial charge in [0, 0.05) is 0 Å².